The SMILES string of the molecule is Cc1ncsc1-c1ccc(CNC(=O)C2C[C@@H](O)CN2C(=O)[C@@H](CC(=O)CCOCCOCCC(=O)O)C(C)(C)C)cc1.Cc1ncsc1-c1ccc(CNC(=O)[C@@H]2C[C@@H](O)CN2C(=O)[C@@H](CC(=O)CCOCCOCCC(=O)NCCN2CC(Nc3cc(C(=O)CC[C@H](O)CN4CCc5ccccc5C4)ncn3)C2)C(C)(C)C)cc1.NCCN1CC(Nc2cc(C(=O)CC[C@H](O)CN3CCc4ccccc4C3)ncn2)C1. The van der Waals surface area contributed by atoms with E-state index in [2.05, 4.69) is 119 Å². The second kappa shape index (κ2) is 57.0. The fourth-order valence-corrected chi connectivity index (χ4v) is 20.4. The van der Waals surface area contributed by atoms with Crippen molar-refractivity contribution < 1.29 is 92.4 Å². The molecule has 4 saturated heterocycles. The number of ketones is 4. The van der Waals surface area contributed by atoms with Crippen LogP contribution in [0, 0.1) is 36.5 Å². The number of carboxylic acids is 1. The van der Waals surface area contributed by atoms with Crippen LogP contribution in [0.5, 0.6) is 0 Å². The highest BCUT2D eigenvalue weighted by Crippen LogP contribution is 2.38. The van der Waals surface area contributed by atoms with Gasteiger partial charge in [0.2, 0.25) is 29.5 Å². The molecule has 8 atom stereocenters. The van der Waals surface area contributed by atoms with Crippen molar-refractivity contribution in [1.82, 2.24) is 75.3 Å². The molecular formula is C108H148N18O19S2. The lowest BCUT2D eigenvalue weighted by Crippen LogP contribution is -2.56. The number of fused-ring (bicyclic) bond motifs is 2. The lowest BCUT2D eigenvalue weighted by molar-refractivity contribution is -0.146. The van der Waals surface area contributed by atoms with Gasteiger partial charge in [0, 0.05) is 200 Å². The minimum atomic E-state index is -0.936. The van der Waals surface area contributed by atoms with Crippen LogP contribution in [0.1, 0.15) is 184 Å². The van der Waals surface area contributed by atoms with Crippen LogP contribution in [-0.2, 0) is 96.3 Å². The number of carbonyl (C=O) groups excluding carboxylic acids is 9. The molecule has 10 heterocycles. The number of aryl methyl sites for hydroxylation is 2. The Bertz CT molecular complexity index is 5610. The summed E-state index contributed by atoms with van der Waals surface area (Å²) in [6.07, 6.45) is 3.81. The van der Waals surface area contributed by atoms with Gasteiger partial charge in [0.15, 0.2) is 11.6 Å². The topological polar surface area (TPSA) is 492 Å². The number of rotatable bonds is 53. The van der Waals surface area contributed by atoms with Crippen LogP contribution < -0.4 is 32.3 Å². The maximum absolute atomic E-state index is 14.0. The van der Waals surface area contributed by atoms with E-state index in [1.165, 1.54) is 44.7 Å². The Morgan fingerprint density at radius 2 is 0.864 bits per heavy atom. The minimum Gasteiger partial charge on any atom is -0.481 e. The number of hydrogen-bond acceptors (Lipinski definition) is 33. The molecule has 8 aromatic rings. The summed E-state index contributed by atoms with van der Waals surface area (Å²) >= 11 is 3.15. The number of aliphatic hydroxyl groups is 4. The van der Waals surface area contributed by atoms with Gasteiger partial charge < -0.3 is 86.6 Å². The Hall–Kier alpha value is -11.1. The summed E-state index contributed by atoms with van der Waals surface area (Å²) in [5.41, 5.74) is 20.0. The first-order chi connectivity index (χ1) is 70.6. The Morgan fingerprint density at radius 3 is 1.25 bits per heavy atom. The zero-order valence-electron chi connectivity index (χ0n) is 86.0. The number of benzene rings is 4. The summed E-state index contributed by atoms with van der Waals surface area (Å²) in [4.78, 5) is 168. The van der Waals surface area contributed by atoms with Gasteiger partial charge in [0.1, 0.15) is 59.3 Å². The summed E-state index contributed by atoms with van der Waals surface area (Å²) in [5.74, 6) is -2.99. The Kier molecular flexibility index (Phi) is 44.5. The van der Waals surface area contributed by atoms with Crippen LogP contribution in [-0.4, -0.2) is 337 Å². The summed E-state index contributed by atoms with van der Waals surface area (Å²) in [6.45, 7) is 28.2. The smallest absolute Gasteiger partial charge is 0.305 e. The zero-order chi connectivity index (χ0) is 105. The number of nitrogens with zero attached hydrogens (tertiary/aromatic N) is 12. The van der Waals surface area contributed by atoms with Crippen LogP contribution in [0.4, 0.5) is 11.6 Å². The lowest BCUT2D eigenvalue weighted by Gasteiger charge is -2.39. The van der Waals surface area contributed by atoms with Crippen molar-refractivity contribution in [1.29, 1.82) is 0 Å². The summed E-state index contributed by atoms with van der Waals surface area (Å²) in [7, 11) is 0. The maximum Gasteiger partial charge on any atom is 0.305 e. The van der Waals surface area contributed by atoms with E-state index in [1.807, 2.05) is 121 Å². The third-order valence-electron chi connectivity index (χ3n) is 27.4. The van der Waals surface area contributed by atoms with Crippen molar-refractivity contribution in [3.05, 3.63) is 189 Å². The largest absolute Gasteiger partial charge is 0.481 e. The number of nitrogens with one attached hydrogen (secondary N) is 5. The molecule has 4 fully saturated rings. The number of β-amino-alcohol motifs (C(OH)–C–C–N with tert-alkyl or cyclic N) is 4. The van der Waals surface area contributed by atoms with Crippen LogP contribution in [0.3, 0.4) is 0 Å². The number of carboxylic acid groups (broad SMARTS) is 1. The molecule has 37 nitrogen and oxygen atoms in total. The summed E-state index contributed by atoms with van der Waals surface area (Å²) in [6, 6.07) is 34.8. The molecule has 0 saturated carbocycles. The zero-order valence-corrected chi connectivity index (χ0v) is 87.6. The molecule has 0 radical (unpaired) electrons. The fourth-order valence-electron chi connectivity index (χ4n) is 18.8. The number of Topliss-reactive ketones (excluding diaryl/α,β-unsaturated/α-hetero) is 4. The Balaban J connectivity index is 0.000000218. The molecule has 0 bridgehead atoms. The average Bonchev–Trinajstić information content (AvgIpc) is 1.79. The second-order valence-electron chi connectivity index (χ2n) is 41.0. The van der Waals surface area contributed by atoms with Gasteiger partial charge in [0.05, 0.1) is 128 Å². The van der Waals surface area contributed by atoms with Crippen LogP contribution in [0.15, 0.2) is 133 Å². The second-order valence-corrected chi connectivity index (χ2v) is 42.7. The Labute approximate surface area is 869 Å². The molecule has 796 valence electrons. The highest BCUT2D eigenvalue weighted by Gasteiger charge is 2.47. The third-order valence-corrected chi connectivity index (χ3v) is 29.3. The molecule has 5 amide bonds. The summed E-state index contributed by atoms with van der Waals surface area (Å²) in [5, 5.41) is 66.2. The highest BCUT2D eigenvalue weighted by molar-refractivity contribution is 7.13. The highest BCUT2D eigenvalue weighted by atomic mass is 32.1. The predicted octanol–water partition coefficient (Wildman–Crippen LogP) is 8.35. The van der Waals surface area contributed by atoms with Crippen LogP contribution in [0.2, 0.25) is 0 Å². The normalized spacial score (nSPS) is 18.0. The molecule has 0 spiro atoms. The van der Waals surface area contributed by atoms with E-state index in [1.54, 1.807) is 34.8 Å². The lowest BCUT2D eigenvalue weighted by atomic mass is 9.76. The van der Waals surface area contributed by atoms with E-state index >= 15 is 0 Å². The number of aromatic nitrogens is 6. The molecule has 4 aromatic heterocycles. The van der Waals surface area contributed by atoms with Gasteiger partial charge >= 0.3 is 5.97 Å². The molecule has 12 N–H and O–H groups in total. The van der Waals surface area contributed by atoms with Gasteiger partial charge in [-0.05, 0) is 94.9 Å². The van der Waals surface area contributed by atoms with Gasteiger partial charge in [-0.15, -0.1) is 22.7 Å². The van der Waals surface area contributed by atoms with E-state index in [0.29, 0.717) is 74.6 Å². The first kappa shape index (κ1) is 115. The van der Waals surface area contributed by atoms with E-state index in [9.17, 15) is 68.4 Å². The molecule has 147 heavy (non-hydrogen) atoms. The monoisotopic (exact) mass is 2070 g/mol. The third kappa shape index (κ3) is 36.4. The van der Waals surface area contributed by atoms with Crippen LogP contribution in [0.25, 0.3) is 20.9 Å². The number of ether oxygens (including phenoxy) is 4. The molecule has 1 unspecified atom stereocenters. The molecule has 4 aromatic carbocycles. The number of anilines is 2. The number of aliphatic carboxylic acids is 1. The van der Waals surface area contributed by atoms with Crippen molar-refractivity contribution >= 4 is 92.9 Å². The number of carbonyl (C=O) groups is 10. The molecule has 39 heteroatoms. The van der Waals surface area contributed by atoms with Gasteiger partial charge in [-0.1, -0.05) is 139 Å². The van der Waals surface area contributed by atoms with Gasteiger partial charge in [-0.25, -0.2) is 29.9 Å². The minimum absolute atomic E-state index is 0.00662. The van der Waals surface area contributed by atoms with Crippen molar-refractivity contribution in [3.63, 3.8) is 0 Å². The van der Waals surface area contributed by atoms with E-state index in [4.69, 9.17) is 29.8 Å². The maximum atomic E-state index is 14.0. The molecular weight excluding hydrogens is 1920 g/mol. The number of thiazole rings is 2. The van der Waals surface area contributed by atoms with E-state index in [-0.39, 0.29) is 202 Å². The first-order valence-corrected chi connectivity index (χ1v) is 53.0. The number of nitrogens with two attached hydrogens (primary N) is 1. The van der Waals surface area contributed by atoms with Gasteiger partial charge in [-0.2, -0.15) is 0 Å². The van der Waals surface area contributed by atoms with Crippen molar-refractivity contribution in [2.45, 2.75) is 220 Å². The number of amides is 5. The molecule has 0 aliphatic carbocycles. The van der Waals surface area contributed by atoms with Crippen molar-refractivity contribution in [2.24, 2.45) is 28.4 Å². The van der Waals surface area contributed by atoms with Crippen molar-refractivity contribution in [3.8, 4) is 20.9 Å². The van der Waals surface area contributed by atoms with E-state index in [0.717, 1.165) is 115 Å². The fraction of sp³-hybridized carbons (Fsp3) is 0.556. The standard InChI is InChI=1S/C54H73N9O9S.C31H43N3O8S.C23H32N6O2/c1-36-51(73-35-59-36)39-11-9-37(10-12-39)28-56-52(69)47-26-44(66)33-63(47)53(70)45(54(2,3)4)25-42(64)16-21-71-23-24-72-22-17-50(68)55-18-20-62-30-41(31-62)60-49-27-46(57-34-58-49)48(67)14-13-43(65)32-61-19-15-38-7-5-6-8-40(38)29-61;1-20-28(43-19-33-20)22-7-5-21(6-8-22)17-32-29(39)26-16-24(36)18-34(26)30(40)25(31(2,3)4)15-23(35)9-11-41-13-14-42-12-10-27(37)38;24-8-10-29-13-19(14-29)27-23-11-21(25-16-26-23)22(31)6-5-20(30)15-28-9-7-17-3-1-2-4-18(17)12-28/h5-12,27,34-35,41,43-45,47,65-66H,13-26,28-33H2,1-4H3,(H,55,68)(H,56,69)(H,57,58,60);5-8,19,24-26,36H,9-18H2,1-4H3,(H,32,39)(H,37,38);1-4,11,16,19-20,30H,5-10,12-15,24H2,(H,25,26,27)/t43-,44+,45+,47-;24-,25-,26?;20-/m010/s1. The molecule has 6 aliphatic rings. The number of hydrogen-bond donors (Lipinski definition) is 11. The first-order valence-electron chi connectivity index (χ1n) is 51.2. The van der Waals surface area contributed by atoms with Gasteiger partial charge in [-0.3, -0.25) is 67.5 Å². The molecule has 14 rings (SSSR count). The number of aliphatic hydroxyl groups excluding tert-OH is 4. The van der Waals surface area contributed by atoms with Gasteiger partial charge in [0.25, 0.3) is 0 Å². The quantitative estimate of drug-likeness (QED) is 0.0126. The summed E-state index contributed by atoms with van der Waals surface area (Å²) < 4.78 is 21.8. The van der Waals surface area contributed by atoms with E-state index < -0.39 is 65.1 Å². The number of likely N-dealkylation sites (tertiary alicyclic amines) is 4. The van der Waals surface area contributed by atoms with Crippen LogP contribution >= 0.6 is 22.7 Å². The molecule has 6 aliphatic heterocycles. The Morgan fingerprint density at radius 1 is 0.469 bits per heavy atom. The average molecular weight is 2070 g/mol. The van der Waals surface area contributed by atoms with Crippen molar-refractivity contribution in [2.75, 3.05) is 155 Å². The predicted molar refractivity (Wildman–Crippen MR) is 559 cm³/mol.